The normalized spacial score (nSPS) is 11.0. The minimum atomic E-state index is 0.0394. The van der Waals surface area contributed by atoms with Gasteiger partial charge >= 0.3 is 0 Å². The quantitative estimate of drug-likeness (QED) is 0.528. The van der Waals surface area contributed by atoms with Crippen molar-refractivity contribution >= 4 is 22.5 Å². The summed E-state index contributed by atoms with van der Waals surface area (Å²) in [4.78, 5) is 15.5. The van der Waals surface area contributed by atoms with E-state index in [1.54, 1.807) is 0 Å². The third-order valence-corrected chi connectivity index (χ3v) is 4.66. The topological polar surface area (TPSA) is 62.7 Å². The monoisotopic (exact) mass is 358 g/mol. The first kappa shape index (κ1) is 17.1. The van der Waals surface area contributed by atoms with E-state index in [1.807, 2.05) is 66.5 Å². The maximum Gasteiger partial charge on any atom is 0.224 e. The van der Waals surface area contributed by atoms with Crippen molar-refractivity contribution in [2.75, 3.05) is 5.32 Å². The number of aromatic amines is 1. The van der Waals surface area contributed by atoms with Gasteiger partial charge in [-0.05, 0) is 61.7 Å². The summed E-state index contributed by atoms with van der Waals surface area (Å²) in [7, 11) is 0. The Morgan fingerprint density at radius 3 is 2.70 bits per heavy atom. The van der Waals surface area contributed by atoms with Gasteiger partial charge in [0.25, 0.3) is 0 Å². The van der Waals surface area contributed by atoms with Crippen LogP contribution in [0.2, 0.25) is 0 Å². The van der Waals surface area contributed by atoms with Crippen LogP contribution in [0.1, 0.15) is 24.1 Å². The Bertz CT molecular complexity index is 1060. The van der Waals surface area contributed by atoms with Gasteiger partial charge in [0, 0.05) is 35.4 Å². The van der Waals surface area contributed by atoms with E-state index < -0.39 is 0 Å². The number of benzene rings is 2. The first-order valence-corrected chi connectivity index (χ1v) is 9.16. The van der Waals surface area contributed by atoms with E-state index in [0.717, 1.165) is 35.4 Å². The number of fused-ring (bicyclic) bond motifs is 1. The molecule has 4 rings (SSSR count). The number of nitrogens with one attached hydrogen (secondary N) is 2. The zero-order chi connectivity index (χ0) is 18.6. The molecule has 27 heavy (non-hydrogen) atoms. The van der Waals surface area contributed by atoms with Crippen molar-refractivity contribution < 1.29 is 4.79 Å². The number of aryl methyl sites for hydroxylation is 2. The van der Waals surface area contributed by atoms with E-state index in [0.29, 0.717) is 6.42 Å². The molecule has 2 aromatic heterocycles. The molecule has 0 saturated heterocycles. The van der Waals surface area contributed by atoms with Crippen molar-refractivity contribution in [3.8, 4) is 5.69 Å². The minimum absolute atomic E-state index is 0.0394. The van der Waals surface area contributed by atoms with Gasteiger partial charge in [0.15, 0.2) is 0 Å². The molecule has 0 radical (unpaired) electrons. The molecule has 0 spiro atoms. The molecule has 2 heterocycles. The Hall–Kier alpha value is -3.34. The van der Waals surface area contributed by atoms with Gasteiger partial charge in [0.2, 0.25) is 5.91 Å². The van der Waals surface area contributed by atoms with Crippen LogP contribution in [0.4, 0.5) is 5.69 Å². The Labute approximate surface area is 158 Å². The highest BCUT2D eigenvalue weighted by atomic mass is 16.1. The molecule has 0 saturated carbocycles. The van der Waals surface area contributed by atoms with Crippen molar-refractivity contribution in [3.05, 3.63) is 78.2 Å². The number of aromatic nitrogens is 3. The Kier molecular flexibility index (Phi) is 4.75. The van der Waals surface area contributed by atoms with E-state index in [4.69, 9.17) is 0 Å². The number of rotatable bonds is 6. The molecule has 5 nitrogen and oxygen atoms in total. The van der Waals surface area contributed by atoms with Gasteiger partial charge in [-0.3, -0.25) is 4.79 Å². The summed E-state index contributed by atoms with van der Waals surface area (Å²) < 4.78 is 1.82. The summed E-state index contributed by atoms with van der Waals surface area (Å²) in [5.41, 5.74) is 5.16. The predicted molar refractivity (Wildman–Crippen MR) is 108 cm³/mol. The smallest absolute Gasteiger partial charge is 0.224 e. The predicted octanol–water partition coefficient (Wildman–Crippen LogP) is 4.62. The Balaban J connectivity index is 1.30. The Morgan fingerprint density at radius 1 is 1.11 bits per heavy atom. The lowest BCUT2D eigenvalue weighted by atomic mass is 10.1. The van der Waals surface area contributed by atoms with Gasteiger partial charge in [-0.2, -0.15) is 5.10 Å². The summed E-state index contributed by atoms with van der Waals surface area (Å²) in [6.07, 6.45) is 6.17. The molecule has 0 aliphatic carbocycles. The lowest BCUT2D eigenvalue weighted by molar-refractivity contribution is -0.116. The van der Waals surface area contributed by atoms with Gasteiger partial charge in [0.1, 0.15) is 0 Å². The molecule has 0 atom stereocenters. The van der Waals surface area contributed by atoms with Crippen LogP contribution in [0.3, 0.4) is 0 Å². The maximum absolute atomic E-state index is 12.2. The fraction of sp³-hybridized carbons (Fsp3) is 0.182. The first-order chi connectivity index (χ1) is 13.2. The van der Waals surface area contributed by atoms with Crippen molar-refractivity contribution in [1.82, 2.24) is 14.8 Å². The van der Waals surface area contributed by atoms with Gasteiger partial charge in [-0.15, -0.1) is 0 Å². The molecule has 2 N–H and O–H groups in total. The highest BCUT2D eigenvalue weighted by molar-refractivity contribution is 5.90. The number of para-hydroxylation sites is 1. The fourth-order valence-electron chi connectivity index (χ4n) is 3.26. The lowest BCUT2D eigenvalue weighted by Crippen LogP contribution is -2.11. The third-order valence-electron chi connectivity index (χ3n) is 4.66. The zero-order valence-electron chi connectivity index (χ0n) is 15.3. The number of nitrogens with zero attached hydrogens (tertiary/aromatic N) is 2. The second kappa shape index (κ2) is 7.50. The molecular weight excluding hydrogens is 336 g/mol. The van der Waals surface area contributed by atoms with E-state index in [1.165, 1.54) is 10.9 Å². The van der Waals surface area contributed by atoms with Gasteiger partial charge in [-0.1, -0.05) is 18.2 Å². The van der Waals surface area contributed by atoms with Crippen LogP contribution in [0.5, 0.6) is 0 Å². The summed E-state index contributed by atoms with van der Waals surface area (Å²) in [5.74, 6) is 0.0394. The third kappa shape index (κ3) is 3.92. The number of H-pyrrole nitrogens is 1. The molecule has 1 amide bonds. The summed E-state index contributed by atoms with van der Waals surface area (Å²) in [5, 5.41) is 8.59. The largest absolute Gasteiger partial charge is 0.361 e. The van der Waals surface area contributed by atoms with Crippen molar-refractivity contribution in [2.45, 2.75) is 26.2 Å². The van der Waals surface area contributed by atoms with Crippen molar-refractivity contribution in [3.63, 3.8) is 0 Å². The van der Waals surface area contributed by atoms with Gasteiger partial charge < -0.3 is 10.3 Å². The number of amides is 1. The summed E-state index contributed by atoms with van der Waals surface area (Å²) in [6.45, 7) is 1.96. The second-order valence-corrected chi connectivity index (χ2v) is 6.71. The highest BCUT2D eigenvalue weighted by Crippen LogP contribution is 2.20. The van der Waals surface area contributed by atoms with Gasteiger partial charge in [-0.25, -0.2) is 4.68 Å². The second-order valence-electron chi connectivity index (χ2n) is 6.71. The lowest BCUT2D eigenvalue weighted by Gasteiger charge is -2.07. The molecule has 0 aliphatic rings. The van der Waals surface area contributed by atoms with Crippen LogP contribution in [0, 0.1) is 6.92 Å². The van der Waals surface area contributed by atoms with Crippen LogP contribution in [-0.4, -0.2) is 20.7 Å². The van der Waals surface area contributed by atoms with Crippen LogP contribution >= 0.6 is 0 Å². The molecule has 4 aromatic rings. The molecule has 0 unspecified atom stereocenters. The molecule has 136 valence electrons. The van der Waals surface area contributed by atoms with Crippen LogP contribution in [-0.2, 0) is 11.2 Å². The first-order valence-electron chi connectivity index (χ1n) is 9.16. The molecule has 5 heteroatoms. The number of anilines is 1. The summed E-state index contributed by atoms with van der Waals surface area (Å²) in [6, 6.07) is 17.9. The van der Waals surface area contributed by atoms with E-state index >= 15 is 0 Å². The number of hydrogen-bond donors (Lipinski definition) is 2. The number of hydrogen-bond acceptors (Lipinski definition) is 2. The van der Waals surface area contributed by atoms with Gasteiger partial charge in [0.05, 0.1) is 11.4 Å². The molecular formula is C22H22N4O. The van der Waals surface area contributed by atoms with E-state index in [-0.39, 0.29) is 5.91 Å². The molecule has 0 aliphatic heterocycles. The van der Waals surface area contributed by atoms with Crippen molar-refractivity contribution in [1.29, 1.82) is 0 Å². The van der Waals surface area contributed by atoms with Crippen LogP contribution < -0.4 is 5.32 Å². The number of carbonyl (C=O) groups excluding carboxylic acids is 1. The van der Waals surface area contributed by atoms with Crippen LogP contribution in [0.15, 0.2) is 67.0 Å². The SMILES string of the molecule is Cc1ccn(-c2ccc(NC(=O)CCCc3c[nH]c4ccccc34)cc2)n1. The average Bonchev–Trinajstić information content (AvgIpc) is 3.29. The standard InChI is InChI=1S/C22H22N4O/c1-16-13-14-26(25-16)19-11-9-18(10-12-19)24-22(27)8-4-5-17-15-23-21-7-3-2-6-20(17)21/h2-3,6-7,9-15,23H,4-5,8H2,1H3,(H,24,27). The molecule has 2 aromatic carbocycles. The highest BCUT2D eigenvalue weighted by Gasteiger charge is 2.06. The average molecular weight is 358 g/mol. The van der Waals surface area contributed by atoms with E-state index in [9.17, 15) is 4.79 Å². The zero-order valence-corrected chi connectivity index (χ0v) is 15.3. The summed E-state index contributed by atoms with van der Waals surface area (Å²) >= 11 is 0. The molecule has 0 bridgehead atoms. The minimum Gasteiger partial charge on any atom is -0.361 e. The Morgan fingerprint density at radius 2 is 1.93 bits per heavy atom. The molecule has 0 fully saturated rings. The number of carbonyl (C=O) groups is 1. The maximum atomic E-state index is 12.2. The fourth-order valence-corrected chi connectivity index (χ4v) is 3.26. The van der Waals surface area contributed by atoms with E-state index in [2.05, 4.69) is 27.5 Å². The van der Waals surface area contributed by atoms with Crippen LogP contribution in [0.25, 0.3) is 16.6 Å². The van der Waals surface area contributed by atoms with Crippen molar-refractivity contribution in [2.24, 2.45) is 0 Å².